The van der Waals surface area contributed by atoms with Crippen LogP contribution in [0.15, 0.2) is 0 Å². The molecule has 122 valence electrons. The maximum atomic E-state index is 3.90. The van der Waals surface area contributed by atoms with E-state index in [1.165, 1.54) is 90.3 Å². The van der Waals surface area contributed by atoms with Crippen LogP contribution in [0.5, 0.6) is 0 Å². The van der Waals surface area contributed by atoms with E-state index in [2.05, 4.69) is 17.1 Å². The summed E-state index contributed by atoms with van der Waals surface area (Å²) in [5, 5.41) is 3.90. The lowest BCUT2D eigenvalue weighted by Gasteiger charge is -2.36. The quantitative estimate of drug-likeness (QED) is 0.767. The summed E-state index contributed by atoms with van der Waals surface area (Å²) in [5.41, 5.74) is 0. The van der Waals surface area contributed by atoms with Crippen molar-refractivity contribution >= 4 is 0 Å². The van der Waals surface area contributed by atoms with Crippen LogP contribution in [0.1, 0.15) is 77.6 Å². The number of hydrogen-bond acceptors (Lipinski definition) is 2. The predicted molar refractivity (Wildman–Crippen MR) is 90.6 cm³/mol. The van der Waals surface area contributed by atoms with E-state index in [0.29, 0.717) is 0 Å². The monoisotopic (exact) mass is 292 g/mol. The van der Waals surface area contributed by atoms with Crippen molar-refractivity contribution in [2.75, 3.05) is 19.6 Å². The third-order valence-corrected chi connectivity index (χ3v) is 6.42. The summed E-state index contributed by atoms with van der Waals surface area (Å²) in [4.78, 5) is 2.89. The predicted octanol–water partition coefficient (Wildman–Crippen LogP) is 4.20. The highest BCUT2D eigenvalue weighted by Crippen LogP contribution is 2.30. The van der Waals surface area contributed by atoms with E-state index >= 15 is 0 Å². The second kappa shape index (κ2) is 7.97. The molecule has 0 radical (unpaired) electrons. The van der Waals surface area contributed by atoms with Gasteiger partial charge in [0.15, 0.2) is 0 Å². The molecular weight excluding hydrogens is 256 g/mol. The van der Waals surface area contributed by atoms with Gasteiger partial charge in [0.2, 0.25) is 0 Å². The maximum absolute atomic E-state index is 3.90. The standard InChI is InChI=1S/C19H36N2/c1-16-7-5-10-18(12-11-16)21-14-6-13-20-19(15-21)17-8-3-2-4-9-17/h16-20H,2-15H2,1H3. The van der Waals surface area contributed by atoms with Gasteiger partial charge in [-0.15, -0.1) is 0 Å². The number of nitrogens with zero attached hydrogens (tertiary/aromatic N) is 1. The van der Waals surface area contributed by atoms with E-state index in [1.807, 2.05) is 0 Å². The minimum Gasteiger partial charge on any atom is -0.312 e. The van der Waals surface area contributed by atoms with Gasteiger partial charge in [0.25, 0.3) is 0 Å². The molecule has 3 atom stereocenters. The fourth-order valence-corrected chi connectivity index (χ4v) is 4.99. The van der Waals surface area contributed by atoms with Gasteiger partial charge in [0.05, 0.1) is 0 Å². The average Bonchev–Trinajstić information content (AvgIpc) is 2.88. The molecule has 0 spiro atoms. The molecule has 2 aliphatic carbocycles. The maximum Gasteiger partial charge on any atom is 0.0223 e. The smallest absolute Gasteiger partial charge is 0.0223 e. The Morgan fingerprint density at radius 1 is 0.810 bits per heavy atom. The third kappa shape index (κ3) is 4.45. The van der Waals surface area contributed by atoms with Crippen LogP contribution in [0.4, 0.5) is 0 Å². The Hall–Kier alpha value is -0.0800. The highest BCUT2D eigenvalue weighted by molar-refractivity contribution is 4.87. The highest BCUT2D eigenvalue weighted by atomic mass is 15.2. The van der Waals surface area contributed by atoms with Crippen molar-refractivity contribution in [1.82, 2.24) is 10.2 Å². The Kier molecular flexibility index (Phi) is 5.99. The van der Waals surface area contributed by atoms with Gasteiger partial charge >= 0.3 is 0 Å². The summed E-state index contributed by atoms with van der Waals surface area (Å²) >= 11 is 0. The van der Waals surface area contributed by atoms with Crippen LogP contribution in [-0.2, 0) is 0 Å². The molecule has 3 aliphatic rings. The van der Waals surface area contributed by atoms with E-state index in [9.17, 15) is 0 Å². The number of rotatable bonds is 2. The van der Waals surface area contributed by atoms with Crippen molar-refractivity contribution in [3.05, 3.63) is 0 Å². The summed E-state index contributed by atoms with van der Waals surface area (Å²) in [6.45, 7) is 6.39. The Bertz CT molecular complexity index is 298. The summed E-state index contributed by atoms with van der Waals surface area (Å²) < 4.78 is 0. The average molecular weight is 293 g/mol. The molecule has 1 N–H and O–H groups in total. The lowest BCUT2D eigenvalue weighted by Crippen LogP contribution is -2.46. The molecule has 1 saturated heterocycles. The van der Waals surface area contributed by atoms with Crippen LogP contribution in [0, 0.1) is 11.8 Å². The van der Waals surface area contributed by atoms with Crippen LogP contribution in [0.3, 0.4) is 0 Å². The van der Waals surface area contributed by atoms with Gasteiger partial charge in [-0.2, -0.15) is 0 Å². The Labute approximate surface area is 132 Å². The molecule has 2 saturated carbocycles. The lowest BCUT2D eigenvalue weighted by molar-refractivity contribution is 0.149. The van der Waals surface area contributed by atoms with Crippen molar-refractivity contribution in [3.63, 3.8) is 0 Å². The topological polar surface area (TPSA) is 15.3 Å². The largest absolute Gasteiger partial charge is 0.312 e. The van der Waals surface area contributed by atoms with Crippen LogP contribution in [-0.4, -0.2) is 36.6 Å². The van der Waals surface area contributed by atoms with E-state index in [1.54, 1.807) is 0 Å². The van der Waals surface area contributed by atoms with Crippen LogP contribution < -0.4 is 5.32 Å². The second-order valence-electron chi connectivity index (χ2n) is 8.07. The molecule has 3 unspecified atom stereocenters. The van der Waals surface area contributed by atoms with Gasteiger partial charge in [-0.3, -0.25) is 4.90 Å². The fraction of sp³-hybridized carbons (Fsp3) is 1.00. The summed E-state index contributed by atoms with van der Waals surface area (Å²) in [5.74, 6) is 1.93. The molecule has 3 fully saturated rings. The Morgan fingerprint density at radius 3 is 2.52 bits per heavy atom. The zero-order chi connectivity index (χ0) is 14.5. The van der Waals surface area contributed by atoms with Crippen molar-refractivity contribution in [3.8, 4) is 0 Å². The first kappa shape index (κ1) is 15.8. The molecule has 1 heterocycles. The molecule has 0 aromatic heterocycles. The lowest BCUT2D eigenvalue weighted by atomic mass is 9.83. The summed E-state index contributed by atoms with van der Waals surface area (Å²) in [7, 11) is 0. The molecular formula is C19H36N2. The number of hydrogen-bond donors (Lipinski definition) is 1. The van der Waals surface area contributed by atoms with E-state index in [4.69, 9.17) is 0 Å². The third-order valence-electron chi connectivity index (χ3n) is 6.42. The molecule has 0 bridgehead atoms. The summed E-state index contributed by atoms with van der Waals surface area (Å²) in [6.07, 6.45) is 16.1. The molecule has 1 aliphatic heterocycles. The van der Waals surface area contributed by atoms with Gasteiger partial charge in [-0.05, 0) is 63.5 Å². The van der Waals surface area contributed by atoms with Gasteiger partial charge in [0.1, 0.15) is 0 Å². The minimum absolute atomic E-state index is 0.786. The van der Waals surface area contributed by atoms with Gasteiger partial charge in [-0.1, -0.05) is 39.0 Å². The molecule has 21 heavy (non-hydrogen) atoms. The summed E-state index contributed by atoms with van der Waals surface area (Å²) in [6, 6.07) is 1.68. The first-order chi connectivity index (χ1) is 10.3. The van der Waals surface area contributed by atoms with Crippen molar-refractivity contribution in [2.24, 2.45) is 11.8 Å². The van der Waals surface area contributed by atoms with E-state index < -0.39 is 0 Å². The van der Waals surface area contributed by atoms with Crippen molar-refractivity contribution in [2.45, 2.75) is 89.6 Å². The van der Waals surface area contributed by atoms with E-state index in [-0.39, 0.29) is 0 Å². The number of nitrogens with one attached hydrogen (secondary N) is 1. The van der Waals surface area contributed by atoms with Crippen molar-refractivity contribution < 1.29 is 0 Å². The fourth-order valence-electron chi connectivity index (χ4n) is 4.99. The molecule has 3 rings (SSSR count). The normalized spacial score (nSPS) is 37.9. The molecule has 2 heteroatoms. The van der Waals surface area contributed by atoms with Gasteiger partial charge in [-0.25, -0.2) is 0 Å². The minimum atomic E-state index is 0.786. The SMILES string of the molecule is CC1CCCC(N2CCCNC(C3CCCCC3)C2)CC1. The van der Waals surface area contributed by atoms with Gasteiger partial charge < -0.3 is 5.32 Å². The zero-order valence-electron chi connectivity index (χ0n) is 14.2. The second-order valence-corrected chi connectivity index (χ2v) is 8.07. The van der Waals surface area contributed by atoms with Crippen molar-refractivity contribution in [1.29, 1.82) is 0 Å². The molecule has 0 aromatic rings. The highest BCUT2D eigenvalue weighted by Gasteiger charge is 2.30. The first-order valence-corrected chi connectivity index (χ1v) is 9.80. The van der Waals surface area contributed by atoms with Crippen LogP contribution in [0.25, 0.3) is 0 Å². The molecule has 2 nitrogen and oxygen atoms in total. The van der Waals surface area contributed by atoms with Crippen LogP contribution >= 0.6 is 0 Å². The van der Waals surface area contributed by atoms with Crippen LogP contribution in [0.2, 0.25) is 0 Å². The van der Waals surface area contributed by atoms with E-state index in [0.717, 1.165) is 23.9 Å². The van der Waals surface area contributed by atoms with Gasteiger partial charge in [0, 0.05) is 18.6 Å². The molecule has 0 aromatic carbocycles. The zero-order valence-corrected chi connectivity index (χ0v) is 14.2. The molecule has 0 amide bonds. The Morgan fingerprint density at radius 2 is 1.67 bits per heavy atom. The Balaban J connectivity index is 1.58. The first-order valence-electron chi connectivity index (χ1n) is 9.80.